The van der Waals surface area contributed by atoms with Gasteiger partial charge in [-0.15, -0.1) is 0 Å². The van der Waals surface area contributed by atoms with Gasteiger partial charge < -0.3 is 15.5 Å². The third kappa shape index (κ3) is 4.75. The molecule has 1 atom stereocenters. The van der Waals surface area contributed by atoms with E-state index in [2.05, 4.69) is 27.7 Å². The first-order valence-corrected chi connectivity index (χ1v) is 12.6. The lowest BCUT2D eigenvalue weighted by atomic mass is 9.95. The predicted octanol–water partition coefficient (Wildman–Crippen LogP) is 3.10. The molecule has 176 valence electrons. The summed E-state index contributed by atoms with van der Waals surface area (Å²) in [6.45, 7) is 5.32. The molecule has 1 aromatic heterocycles. The summed E-state index contributed by atoms with van der Waals surface area (Å²) in [5.41, 5.74) is 3.29. The average Bonchev–Trinajstić information content (AvgIpc) is 2.89. The van der Waals surface area contributed by atoms with Crippen LogP contribution >= 0.6 is 0 Å². The van der Waals surface area contributed by atoms with Crippen molar-refractivity contribution in [2.24, 2.45) is 0 Å². The zero-order chi connectivity index (χ0) is 22.6. The number of piperidine rings is 2. The lowest BCUT2D eigenvalue weighted by Gasteiger charge is -2.38. The highest BCUT2D eigenvalue weighted by atomic mass is 16.2. The van der Waals surface area contributed by atoms with Crippen molar-refractivity contribution in [2.45, 2.75) is 57.0 Å². The third-order valence-electron chi connectivity index (χ3n) is 7.44. The summed E-state index contributed by atoms with van der Waals surface area (Å²) >= 11 is 0. The van der Waals surface area contributed by atoms with E-state index in [0.29, 0.717) is 12.5 Å². The van der Waals surface area contributed by atoms with Crippen molar-refractivity contribution in [2.75, 3.05) is 45.1 Å². The van der Waals surface area contributed by atoms with Gasteiger partial charge in [-0.3, -0.25) is 9.69 Å². The molecule has 2 aromatic rings. The first kappa shape index (κ1) is 22.3. The van der Waals surface area contributed by atoms with E-state index in [9.17, 15) is 4.79 Å². The van der Waals surface area contributed by atoms with Gasteiger partial charge in [0.05, 0.1) is 12.2 Å². The molecular formula is C26H36N6O. The van der Waals surface area contributed by atoms with Gasteiger partial charge in [0.25, 0.3) is 0 Å². The summed E-state index contributed by atoms with van der Waals surface area (Å²) in [5, 5.41) is 6.73. The molecule has 0 bridgehead atoms. The van der Waals surface area contributed by atoms with Crippen LogP contribution in [-0.4, -0.2) is 65.4 Å². The highest BCUT2D eigenvalue weighted by Crippen LogP contribution is 2.32. The number of aromatic nitrogens is 2. The maximum absolute atomic E-state index is 13.9. The molecule has 2 N–H and O–H groups in total. The number of likely N-dealkylation sites (tertiary alicyclic amines) is 1. The van der Waals surface area contributed by atoms with E-state index < -0.39 is 0 Å². The minimum Gasteiger partial charge on any atom is -0.373 e. The number of nitrogens with one attached hydrogen (secondary N) is 2. The number of hydrogen-bond acceptors (Lipinski definition) is 6. The number of anilines is 1. The van der Waals surface area contributed by atoms with Crippen LogP contribution < -0.4 is 10.6 Å². The molecule has 4 heterocycles. The fourth-order valence-corrected chi connectivity index (χ4v) is 5.59. The summed E-state index contributed by atoms with van der Waals surface area (Å²) in [5.74, 6) is 2.48. The molecule has 7 heteroatoms. The number of hydrogen-bond donors (Lipinski definition) is 2. The Morgan fingerprint density at radius 1 is 1.06 bits per heavy atom. The van der Waals surface area contributed by atoms with Crippen molar-refractivity contribution in [3.8, 4) is 0 Å². The average molecular weight is 449 g/mol. The van der Waals surface area contributed by atoms with Gasteiger partial charge in [0.2, 0.25) is 5.91 Å². The molecular weight excluding hydrogens is 412 g/mol. The Labute approximate surface area is 197 Å². The standard InChI is InChI=1S/C26H36N6O/c1-27-25-21-18-32(17-12-22(21)29-24(30-25)20-10-13-28-14-11-20)26(33)23(19-8-4-2-5-9-19)31-15-6-3-7-16-31/h2,4-5,8-9,20,23,28H,3,6-7,10-18H2,1H3,(H,27,29,30)/t23-/m0/s1. The first-order valence-electron chi connectivity index (χ1n) is 12.6. The van der Waals surface area contributed by atoms with Gasteiger partial charge in [-0.05, 0) is 57.4 Å². The van der Waals surface area contributed by atoms with Crippen LogP contribution in [0.15, 0.2) is 30.3 Å². The molecule has 3 aliphatic heterocycles. The highest BCUT2D eigenvalue weighted by Gasteiger charge is 2.35. The molecule has 2 fully saturated rings. The van der Waals surface area contributed by atoms with E-state index in [0.717, 1.165) is 93.3 Å². The van der Waals surface area contributed by atoms with Crippen LogP contribution in [0.3, 0.4) is 0 Å². The second-order valence-corrected chi connectivity index (χ2v) is 9.55. The van der Waals surface area contributed by atoms with E-state index in [1.807, 2.05) is 30.1 Å². The third-order valence-corrected chi connectivity index (χ3v) is 7.44. The van der Waals surface area contributed by atoms with Crippen LogP contribution in [0, 0.1) is 0 Å². The van der Waals surface area contributed by atoms with Crippen LogP contribution in [0.25, 0.3) is 0 Å². The van der Waals surface area contributed by atoms with Crippen LogP contribution in [0.5, 0.6) is 0 Å². The van der Waals surface area contributed by atoms with Gasteiger partial charge in [0.1, 0.15) is 17.7 Å². The number of amides is 1. The Bertz CT molecular complexity index is 936. The van der Waals surface area contributed by atoms with Crippen LogP contribution in [0.4, 0.5) is 5.82 Å². The second-order valence-electron chi connectivity index (χ2n) is 9.55. The van der Waals surface area contributed by atoms with Crippen molar-refractivity contribution in [1.29, 1.82) is 0 Å². The molecule has 33 heavy (non-hydrogen) atoms. The largest absolute Gasteiger partial charge is 0.373 e. The summed E-state index contributed by atoms with van der Waals surface area (Å²) in [6.07, 6.45) is 6.54. The predicted molar refractivity (Wildman–Crippen MR) is 130 cm³/mol. The maximum atomic E-state index is 13.9. The number of benzene rings is 1. The Morgan fingerprint density at radius 2 is 1.82 bits per heavy atom. The lowest BCUT2D eigenvalue weighted by molar-refractivity contribution is -0.138. The van der Waals surface area contributed by atoms with Crippen molar-refractivity contribution in [1.82, 2.24) is 25.1 Å². The van der Waals surface area contributed by atoms with Gasteiger partial charge >= 0.3 is 0 Å². The Morgan fingerprint density at radius 3 is 2.55 bits per heavy atom. The van der Waals surface area contributed by atoms with Crippen molar-refractivity contribution in [3.05, 3.63) is 53.0 Å². The fourth-order valence-electron chi connectivity index (χ4n) is 5.59. The molecule has 7 nitrogen and oxygen atoms in total. The van der Waals surface area contributed by atoms with E-state index in [1.165, 1.54) is 6.42 Å². The van der Waals surface area contributed by atoms with E-state index in [4.69, 9.17) is 9.97 Å². The Balaban J connectivity index is 1.40. The fraction of sp³-hybridized carbons (Fsp3) is 0.577. The second kappa shape index (κ2) is 10.2. The smallest absolute Gasteiger partial charge is 0.244 e. The van der Waals surface area contributed by atoms with E-state index in [-0.39, 0.29) is 11.9 Å². The number of rotatable bonds is 5. The molecule has 0 radical (unpaired) electrons. The molecule has 3 aliphatic rings. The van der Waals surface area contributed by atoms with E-state index in [1.54, 1.807) is 0 Å². The van der Waals surface area contributed by atoms with Gasteiger partial charge in [0, 0.05) is 31.5 Å². The van der Waals surface area contributed by atoms with Gasteiger partial charge in [-0.1, -0.05) is 36.8 Å². The number of carbonyl (C=O) groups excluding carboxylic acids is 1. The number of carbonyl (C=O) groups is 1. The number of fused-ring (bicyclic) bond motifs is 1. The van der Waals surface area contributed by atoms with Crippen LogP contribution in [0.1, 0.15) is 66.7 Å². The van der Waals surface area contributed by atoms with Gasteiger partial charge in [0.15, 0.2) is 0 Å². The van der Waals surface area contributed by atoms with Crippen molar-refractivity contribution in [3.63, 3.8) is 0 Å². The summed E-state index contributed by atoms with van der Waals surface area (Å²) in [7, 11) is 1.93. The maximum Gasteiger partial charge on any atom is 0.244 e. The van der Waals surface area contributed by atoms with Crippen LogP contribution in [0.2, 0.25) is 0 Å². The zero-order valence-corrected chi connectivity index (χ0v) is 19.7. The first-order chi connectivity index (χ1) is 16.2. The SMILES string of the molecule is CNc1nc(C2CCNCC2)nc2c1CN(C(=O)[C@H](c1ccccc1)N1CCCCC1)CC2. The molecule has 0 saturated carbocycles. The minimum absolute atomic E-state index is 0.207. The lowest BCUT2D eigenvalue weighted by Crippen LogP contribution is -2.46. The summed E-state index contributed by atoms with van der Waals surface area (Å²) < 4.78 is 0. The summed E-state index contributed by atoms with van der Waals surface area (Å²) in [6, 6.07) is 10.1. The van der Waals surface area contributed by atoms with E-state index >= 15 is 0 Å². The molecule has 1 amide bonds. The Kier molecular flexibility index (Phi) is 6.88. The minimum atomic E-state index is -0.207. The van der Waals surface area contributed by atoms with Crippen molar-refractivity contribution >= 4 is 11.7 Å². The van der Waals surface area contributed by atoms with Crippen molar-refractivity contribution < 1.29 is 4.79 Å². The molecule has 2 saturated heterocycles. The molecule has 0 unspecified atom stereocenters. The monoisotopic (exact) mass is 448 g/mol. The topological polar surface area (TPSA) is 73.4 Å². The molecule has 1 aromatic carbocycles. The summed E-state index contributed by atoms with van der Waals surface area (Å²) in [4.78, 5) is 28.3. The van der Waals surface area contributed by atoms with Gasteiger partial charge in [-0.2, -0.15) is 0 Å². The van der Waals surface area contributed by atoms with Gasteiger partial charge in [-0.25, -0.2) is 9.97 Å². The highest BCUT2D eigenvalue weighted by molar-refractivity contribution is 5.83. The normalized spacial score (nSPS) is 20.8. The molecule has 0 spiro atoms. The zero-order valence-electron chi connectivity index (χ0n) is 19.7. The number of nitrogens with zero attached hydrogens (tertiary/aromatic N) is 4. The van der Waals surface area contributed by atoms with Crippen LogP contribution in [-0.2, 0) is 17.8 Å². The molecule has 0 aliphatic carbocycles. The quantitative estimate of drug-likeness (QED) is 0.732. The Hall–Kier alpha value is -2.51. The molecule has 5 rings (SSSR count).